The van der Waals surface area contributed by atoms with Crippen molar-refractivity contribution >= 4 is 27.6 Å². The molecular weight excluding hydrogens is 300 g/mol. The Morgan fingerprint density at radius 3 is 3.00 bits per heavy atom. The van der Waals surface area contributed by atoms with Crippen LogP contribution in [0.15, 0.2) is 16.9 Å². The van der Waals surface area contributed by atoms with E-state index in [9.17, 15) is 4.79 Å². The van der Waals surface area contributed by atoms with Gasteiger partial charge in [-0.25, -0.2) is 9.50 Å². The first-order valence-corrected chi connectivity index (χ1v) is 6.11. The maximum absolute atomic E-state index is 11.9. The average molecular weight is 313 g/mol. The van der Waals surface area contributed by atoms with E-state index in [-0.39, 0.29) is 11.7 Å². The first-order chi connectivity index (χ1) is 8.41. The Hall–Kier alpha value is -1.54. The van der Waals surface area contributed by atoms with Gasteiger partial charge in [0.1, 0.15) is 0 Å². The molecule has 0 atom stereocenters. The van der Waals surface area contributed by atoms with E-state index >= 15 is 0 Å². The van der Waals surface area contributed by atoms with E-state index < -0.39 is 5.54 Å². The van der Waals surface area contributed by atoms with E-state index in [4.69, 9.17) is 5.73 Å². The third-order valence-electron chi connectivity index (χ3n) is 2.33. The van der Waals surface area contributed by atoms with Gasteiger partial charge in [0, 0.05) is 24.5 Å². The van der Waals surface area contributed by atoms with Crippen LogP contribution in [0.4, 0.5) is 0 Å². The highest BCUT2D eigenvalue weighted by Crippen LogP contribution is 2.08. The van der Waals surface area contributed by atoms with E-state index in [0.29, 0.717) is 12.3 Å². The van der Waals surface area contributed by atoms with Gasteiger partial charge in [-0.3, -0.25) is 4.79 Å². The molecule has 0 radical (unpaired) electrons. The van der Waals surface area contributed by atoms with Crippen molar-refractivity contribution in [3.63, 3.8) is 0 Å². The quantitative estimate of drug-likeness (QED) is 0.852. The van der Waals surface area contributed by atoms with Gasteiger partial charge in [-0.2, -0.15) is 4.98 Å². The summed E-state index contributed by atoms with van der Waals surface area (Å²) in [5, 5.41) is 6.81. The zero-order valence-electron chi connectivity index (χ0n) is 10.0. The normalized spacial score (nSPS) is 11.8. The lowest BCUT2D eigenvalue weighted by molar-refractivity contribution is 0.0905. The van der Waals surface area contributed by atoms with E-state index in [0.717, 1.165) is 4.47 Å². The maximum atomic E-state index is 11.9. The van der Waals surface area contributed by atoms with Gasteiger partial charge in [0.15, 0.2) is 0 Å². The first kappa shape index (κ1) is 12.9. The fraction of sp³-hybridized carbons (Fsp3) is 0.400. The molecule has 18 heavy (non-hydrogen) atoms. The molecule has 7 nitrogen and oxygen atoms in total. The Balaban J connectivity index is 2.28. The van der Waals surface area contributed by atoms with Gasteiger partial charge in [-0.1, -0.05) is 0 Å². The fourth-order valence-electron chi connectivity index (χ4n) is 1.27. The highest BCUT2D eigenvalue weighted by atomic mass is 79.9. The third kappa shape index (κ3) is 2.65. The Kier molecular flexibility index (Phi) is 3.31. The van der Waals surface area contributed by atoms with Crippen LogP contribution < -0.4 is 11.1 Å². The van der Waals surface area contributed by atoms with Crippen LogP contribution in [0, 0.1) is 0 Å². The molecule has 0 aliphatic heterocycles. The van der Waals surface area contributed by atoms with Crippen molar-refractivity contribution in [3.05, 3.63) is 22.7 Å². The molecule has 0 saturated heterocycles. The molecule has 0 bridgehead atoms. The number of hydrogen-bond donors (Lipinski definition) is 2. The Morgan fingerprint density at radius 1 is 1.61 bits per heavy atom. The smallest absolute Gasteiger partial charge is 0.291 e. The zero-order chi connectivity index (χ0) is 13.3. The van der Waals surface area contributed by atoms with E-state index in [2.05, 4.69) is 36.3 Å². The van der Waals surface area contributed by atoms with Crippen molar-refractivity contribution < 1.29 is 4.79 Å². The van der Waals surface area contributed by atoms with E-state index in [1.807, 2.05) is 13.8 Å². The number of nitrogens with zero attached hydrogens (tertiary/aromatic N) is 4. The van der Waals surface area contributed by atoms with Crippen molar-refractivity contribution in [2.75, 3.05) is 6.54 Å². The van der Waals surface area contributed by atoms with Gasteiger partial charge in [0.2, 0.25) is 5.82 Å². The average Bonchev–Trinajstić information content (AvgIpc) is 2.71. The van der Waals surface area contributed by atoms with Crippen molar-refractivity contribution in [3.8, 4) is 0 Å². The number of hydrogen-bond acceptors (Lipinski definition) is 5. The van der Waals surface area contributed by atoms with Crippen LogP contribution in [0.5, 0.6) is 0 Å². The number of nitrogens with one attached hydrogen (secondary N) is 1. The first-order valence-electron chi connectivity index (χ1n) is 5.32. The van der Waals surface area contributed by atoms with Gasteiger partial charge in [-0.05, 0) is 29.8 Å². The number of aromatic nitrogens is 4. The van der Waals surface area contributed by atoms with Gasteiger partial charge >= 0.3 is 0 Å². The summed E-state index contributed by atoms with van der Waals surface area (Å²) in [6, 6.07) is 0. The fourth-order valence-corrected chi connectivity index (χ4v) is 1.57. The maximum Gasteiger partial charge on any atom is 0.291 e. The Morgan fingerprint density at radius 2 is 2.33 bits per heavy atom. The van der Waals surface area contributed by atoms with Crippen molar-refractivity contribution in [2.24, 2.45) is 5.73 Å². The number of nitrogens with two attached hydrogens (primary N) is 1. The van der Waals surface area contributed by atoms with Crippen LogP contribution in [0.1, 0.15) is 24.5 Å². The minimum Gasteiger partial charge on any atom is -0.343 e. The Labute approximate surface area is 112 Å². The van der Waals surface area contributed by atoms with Crippen molar-refractivity contribution in [1.29, 1.82) is 0 Å². The molecule has 2 aromatic rings. The van der Waals surface area contributed by atoms with Crippen LogP contribution in [0.3, 0.4) is 0 Å². The number of fused-ring (bicyclic) bond motifs is 1. The summed E-state index contributed by atoms with van der Waals surface area (Å²) >= 11 is 3.27. The zero-order valence-corrected chi connectivity index (χ0v) is 11.6. The molecular formula is C10H13BrN6O. The molecule has 0 unspecified atom stereocenters. The monoisotopic (exact) mass is 312 g/mol. The lowest BCUT2D eigenvalue weighted by Crippen LogP contribution is -2.49. The Bertz CT molecular complexity index is 593. The molecule has 0 aliphatic carbocycles. The predicted octanol–water partition coefficient (Wildman–Crippen LogP) is 0.354. The van der Waals surface area contributed by atoms with Gasteiger partial charge < -0.3 is 11.1 Å². The van der Waals surface area contributed by atoms with Gasteiger partial charge in [0.05, 0.1) is 4.47 Å². The van der Waals surface area contributed by atoms with Crippen LogP contribution in [-0.2, 0) is 0 Å². The van der Waals surface area contributed by atoms with Crippen molar-refractivity contribution in [2.45, 2.75) is 19.4 Å². The molecule has 8 heteroatoms. The summed E-state index contributed by atoms with van der Waals surface area (Å²) in [6.45, 7) is 3.99. The number of halogens is 1. The third-order valence-corrected chi connectivity index (χ3v) is 2.74. The van der Waals surface area contributed by atoms with Crippen LogP contribution in [0.25, 0.3) is 5.78 Å². The van der Waals surface area contributed by atoms with Crippen LogP contribution >= 0.6 is 15.9 Å². The van der Waals surface area contributed by atoms with Crippen molar-refractivity contribution in [1.82, 2.24) is 24.9 Å². The van der Waals surface area contributed by atoms with Gasteiger partial charge in [-0.15, -0.1) is 5.10 Å². The molecule has 96 valence electrons. The summed E-state index contributed by atoms with van der Waals surface area (Å²) in [5.74, 6) is 0.0723. The second kappa shape index (κ2) is 4.62. The second-order valence-corrected chi connectivity index (χ2v) is 5.41. The summed E-state index contributed by atoms with van der Waals surface area (Å²) in [6.07, 6.45) is 3.27. The lowest BCUT2D eigenvalue weighted by atomic mass is 10.1. The van der Waals surface area contributed by atoms with E-state index in [1.54, 1.807) is 12.4 Å². The molecule has 0 aliphatic rings. The highest BCUT2D eigenvalue weighted by Gasteiger charge is 2.22. The molecule has 2 rings (SSSR count). The molecule has 2 aromatic heterocycles. The molecule has 3 N–H and O–H groups in total. The van der Waals surface area contributed by atoms with Gasteiger partial charge in [0.25, 0.3) is 11.7 Å². The highest BCUT2D eigenvalue weighted by molar-refractivity contribution is 9.10. The lowest BCUT2D eigenvalue weighted by Gasteiger charge is -2.23. The van der Waals surface area contributed by atoms with E-state index in [1.165, 1.54) is 4.52 Å². The molecule has 0 spiro atoms. The SMILES string of the molecule is CC(C)(CN)NC(=O)c1nc2ncc(Br)cn2n1. The molecule has 1 amide bonds. The topological polar surface area (TPSA) is 98.2 Å². The standard InChI is InChI=1S/C10H13BrN6O/c1-10(2,5-12)15-8(18)7-14-9-13-3-6(11)4-17(9)16-7/h3-4H,5,12H2,1-2H3,(H,15,18). The number of amides is 1. The van der Waals surface area contributed by atoms with Crippen LogP contribution in [-0.4, -0.2) is 37.6 Å². The molecule has 0 saturated carbocycles. The molecule has 0 aromatic carbocycles. The number of carbonyl (C=O) groups is 1. The largest absolute Gasteiger partial charge is 0.343 e. The predicted molar refractivity (Wildman–Crippen MR) is 69.1 cm³/mol. The summed E-state index contributed by atoms with van der Waals surface area (Å²) < 4.78 is 2.20. The second-order valence-electron chi connectivity index (χ2n) is 4.49. The molecule has 2 heterocycles. The minimum atomic E-state index is -0.497. The molecule has 0 fully saturated rings. The summed E-state index contributed by atoms with van der Waals surface area (Å²) in [7, 11) is 0. The summed E-state index contributed by atoms with van der Waals surface area (Å²) in [4.78, 5) is 20.0. The van der Waals surface area contributed by atoms with Crippen LogP contribution in [0.2, 0.25) is 0 Å². The minimum absolute atomic E-state index is 0.0714. The summed E-state index contributed by atoms with van der Waals surface area (Å²) in [5.41, 5.74) is 5.05. The number of carbonyl (C=O) groups excluding carboxylic acids is 1. The number of rotatable bonds is 3.